The molecule has 5 nitrogen and oxygen atoms in total. The van der Waals surface area contributed by atoms with E-state index in [2.05, 4.69) is 5.32 Å². The zero-order valence-corrected chi connectivity index (χ0v) is 11.8. The number of carbonyl (C=O) groups is 1. The second-order valence-corrected chi connectivity index (χ2v) is 6.70. The van der Waals surface area contributed by atoms with Crippen LogP contribution in [-0.4, -0.2) is 14.3 Å². The number of nitrogens with two attached hydrogens (primary N) is 1. The first-order valence-electron chi connectivity index (χ1n) is 5.98. The number of halogens is 1. The van der Waals surface area contributed by atoms with Crippen molar-refractivity contribution < 1.29 is 13.2 Å². The standard InChI is InChI=1S/C12H15ClN2O3S/c13-10-7-9(19(14,17)18)4-5-11(10)15-12(16)6-8-2-1-3-8/h4-5,7-8H,1-3,6H2,(H,15,16)(H2,14,17,18). The topological polar surface area (TPSA) is 89.3 Å². The van der Waals surface area contributed by atoms with E-state index >= 15 is 0 Å². The summed E-state index contributed by atoms with van der Waals surface area (Å²) < 4.78 is 22.3. The van der Waals surface area contributed by atoms with Gasteiger partial charge >= 0.3 is 0 Å². The van der Waals surface area contributed by atoms with Crippen LogP contribution in [0.5, 0.6) is 0 Å². The quantitative estimate of drug-likeness (QED) is 0.892. The Labute approximate surface area is 117 Å². The molecule has 0 aromatic heterocycles. The van der Waals surface area contributed by atoms with Gasteiger partial charge in [-0.3, -0.25) is 4.79 Å². The van der Waals surface area contributed by atoms with Gasteiger partial charge in [-0.1, -0.05) is 18.0 Å². The number of carbonyl (C=O) groups excluding carboxylic acids is 1. The minimum absolute atomic E-state index is 0.0745. The summed E-state index contributed by atoms with van der Waals surface area (Å²) in [4.78, 5) is 11.7. The number of benzene rings is 1. The third-order valence-corrected chi connectivity index (χ3v) is 4.47. The Morgan fingerprint density at radius 3 is 2.58 bits per heavy atom. The first-order chi connectivity index (χ1) is 8.86. The van der Waals surface area contributed by atoms with Crippen LogP contribution < -0.4 is 10.5 Å². The summed E-state index contributed by atoms with van der Waals surface area (Å²) in [6, 6.07) is 4.00. The number of rotatable bonds is 4. The predicted molar refractivity (Wildman–Crippen MR) is 73.4 cm³/mol. The van der Waals surface area contributed by atoms with Gasteiger partial charge in [0.15, 0.2) is 0 Å². The number of sulfonamides is 1. The molecule has 1 aliphatic rings. The van der Waals surface area contributed by atoms with E-state index < -0.39 is 10.0 Å². The van der Waals surface area contributed by atoms with Crippen LogP contribution >= 0.6 is 11.6 Å². The summed E-state index contributed by atoms with van der Waals surface area (Å²) in [6.45, 7) is 0. The third kappa shape index (κ3) is 3.68. The van der Waals surface area contributed by atoms with E-state index in [9.17, 15) is 13.2 Å². The lowest BCUT2D eigenvalue weighted by molar-refractivity contribution is -0.117. The summed E-state index contributed by atoms with van der Waals surface area (Å²) in [7, 11) is -3.78. The fourth-order valence-corrected chi connectivity index (χ4v) is 2.77. The fourth-order valence-electron chi connectivity index (χ4n) is 1.93. The molecule has 3 N–H and O–H groups in total. The molecular formula is C12H15ClN2O3S. The van der Waals surface area contributed by atoms with Crippen molar-refractivity contribution in [3.63, 3.8) is 0 Å². The van der Waals surface area contributed by atoms with Gasteiger partial charge < -0.3 is 5.32 Å². The molecule has 0 atom stereocenters. The molecule has 1 aliphatic carbocycles. The van der Waals surface area contributed by atoms with Crippen LogP contribution in [0.2, 0.25) is 5.02 Å². The van der Waals surface area contributed by atoms with Gasteiger partial charge in [-0.15, -0.1) is 0 Å². The van der Waals surface area contributed by atoms with E-state index in [-0.39, 0.29) is 15.8 Å². The molecule has 0 heterocycles. The molecule has 1 aromatic rings. The SMILES string of the molecule is NS(=O)(=O)c1ccc(NC(=O)CC2CCC2)c(Cl)c1. The van der Waals surface area contributed by atoms with Crippen molar-refractivity contribution in [2.75, 3.05) is 5.32 Å². The molecule has 0 bridgehead atoms. The average molecular weight is 303 g/mol. The first-order valence-corrected chi connectivity index (χ1v) is 7.91. The van der Waals surface area contributed by atoms with E-state index in [4.69, 9.17) is 16.7 Å². The van der Waals surface area contributed by atoms with Gasteiger partial charge in [0, 0.05) is 6.42 Å². The normalized spacial score (nSPS) is 15.9. The second kappa shape index (κ2) is 5.48. The maximum absolute atomic E-state index is 11.7. The Balaban J connectivity index is 2.06. The van der Waals surface area contributed by atoms with Gasteiger partial charge in [0.05, 0.1) is 15.6 Å². The van der Waals surface area contributed by atoms with Crippen molar-refractivity contribution >= 4 is 33.2 Å². The molecule has 104 valence electrons. The Kier molecular flexibility index (Phi) is 4.13. The van der Waals surface area contributed by atoms with Crippen molar-refractivity contribution in [1.82, 2.24) is 0 Å². The van der Waals surface area contributed by atoms with Crippen LogP contribution in [0.4, 0.5) is 5.69 Å². The van der Waals surface area contributed by atoms with Gasteiger partial charge in [-0.2, -0.15) is 0 Å². The van der Waals surface area contributed by atoms with Crippen molar-refractivity contribution in [3.8, 4) is 0 Å². The Hall–Kier alpha value is -1.11. The molecular weight excluding hydrogens is 288 g/mol. The molecule has 7 heteroatoms. The van der Waals surface area contributed by atoms with Gasteiger partial charge in [0.25, 0.3) is 0 Å². The molecule has 0 aliphatic heterocycles. The van der Waals surface area contributed by atoms with Crippen molar-refractivity contribution in [2.45, 2.75) is 30.6 Å². The van der Waals surface area contributed by atoms with Crippen LogP contribution in [0.25, 0.3) is 0 Å². The molecule has 0 radical (unpaired) electrons. The fraction of sp³-hybridized carbons (Fsp3) is 0.417. The highest BCUT2D eigenvalue weighted by molar-refractivity contribution is 7.89. The summed E-state index contributed by atoms with van der Waals surface area (Å²) in [5.74, 6) is 0.359. The van der Waals surface area contributed by atoms with E-state index in [0.717, 1.165) is 12.8 Å². The smallest absolute Gasteiger partial charge is 0.238 e. The zero-order valence-electron chi connectivity index (χ0n) is 10.2. The van der Waals surface area contributed by atoms with E-state index in [1.54, 1.807) is 0 Å². The Morgan fingerprint density at radius 1 is 1.42 bits per heavy atom. The molecule has 1 aromatic carbocycles. The van der Waals surface area contributed by atoms with Gasteiger partial charge in [-0.05, 0) is 37.0 Å². The van der Waals surface area contributed by atoms with Crippen LogP contribution in [0.3, 0.4) is 0 Å². The molecule has 2 rings (SSSR count). The molecule has 19 heavy (non-hydrogen) atoms. The van der Waals surface area contributed by atoms with Crippen LogP contribution in [-0.2, 0) is 14.8 Å². The van der Waals surface area contributed by atoms with Crippen molar-refractivity contribution in [2.24, 2.45) is 11.1 Å². The monoisotopic (exact) mass is 302 g/mol. The number of nitrogens with one attached hydrogen (secondary N) is 1. The molecule has 1 amide bonds. The minimum atomic E-state index is -3.78. The minimum Gasteiger partial charge on any atom is -0.325 e. The lowest BCUT2D eigenvalue weighted by Crippen LogP contribution is -2.21. The Morgan fingerprint density at radius 2 is 2.11 bits per heavy atom. The summed E-state index contributed by atoms with van der Waals surface area (Å²) in [5.41, 5.74) is 0.401. The Bertz CT molecular complexity index is 597. The number of hydrogen-bond acceptors (Lipinski definition) is 3. The highest BCUT2D eigenvalue weighted by atomic mass is 35.5. The largest absolute Gasteiger partial charge is 0.325 e. The third-order valence-electron chi connectivity index (χ3n) is 3.24. The second-order valence-electron chi connectivity index (χ2n) is 4.74. The summed E-state index contributed by atoms with van der Waals surface area (Å²) in [5, 5.41) is 7.84. The maximum atomic E-state index is 11.7. The van der Waals surface area contributed by atoms with Gasteiger partial charge in [0.1, 0.15) is 0 Å². The first kappa shape index (κ1) is 14.3. The van der Waals surface area contributed by atoms with Gasteiger partial charge in [-0.25, -0.2) is 13.6 Å². The highest BCUT2D eigenvalue weighted by Gasteiger charge is 2.21. The zero-order chi connectivity index (χ0) is 14.0. The number of primary sulfonamides is 1. The molecule has 1 saturated carbocycles. The average Bonchev–Trinajstić information content (AvgIpc) is 2.25. The number of anilines is 1. The van der Waals surface area contributed by atoms with Crippen LogP contribution in [0.1, 0.15) is 25.7 Å². The molecule has 0 unspecified atom stereocenters. The number of hydrogen-bond donors (Lipinski definition) is 2. The lowest BCUT2D eigenvalue weighted by Gasteiger charge is -2.24. The summed E-state index contributed by atoms with van der Waals surface area (Å²) in [6.07, 6.45) is 3.84. The van der Waals surface area contributed by atoms with Crippen molar-refractivity contribution in [1.29, 1.82) is 0 Å². The maximum Gasteiger partial charge on any atom is 0.238 e. The van der Waals surface area contributed by atoms with Crippen molar-refractivity contribution in [3.05, 3.63) is 23.2 Å². The predicted octanol–water partition coefficient (Wildman–Crippen LogP) is 2.12. The molecule has 1 fully saturated rings. The molecule has 0 saturated heterocycles. The van der Waals surface area contributed by atoms with Gasteiger partial charge in [0.2, 0.25) is 15.9 Å². The summed E-state index contributed by atoms with van der Waals surface area (Å²) >= 11 is 5.93. The van der Waals surface area contributed by atoms with E-state index in [1.807, 2.05) is 0 Å². The van der Waals surface area contributed by atoms with E-state index in [1.165, 1.54) is 24.6 Å². The van der Waals surface area contributed by atoms with E-state index in [0.29, 0.717) is 18.0 Å². The molecule has 0 spiro atoms. The highest BCUT2D eigenvalue weighted by Crippen LogP contribution is 2.30. The van der Waals surface area contributed by atoms with Crippen LogP contribution in [0, 0.1) is 5.92 Å². The lowest BCUT2D eigenvalue weighted by atomic mass is 9.83. The van der Waals surface area contributed by atoms with Crippen LogP contribution in [0.15, 0.2) is 23.1 Å². The number of amides is 1.